The van der Waals surface area contributed by atoms with Gasteiger partial charge in [0.1, 0.15) is 24.7 Å². The number of nitro groups is 1. The molecule has 0 bridgehead atoms. The molecule has 0 amide bonds. The minimum atomic E-state index is -3.85. The number of esters is 1. The standard InChI is InChI=1S/C16H16FN3O6S/c1-18-27(24,25)13-5-6-14(15(8-13)20(22)23)19-9-16(21)26-10-11-3-2-4-12(17)7-11/h2-8,18-19H,9-10H2,1H3. The van der Waals surface area contributed by atoms with Gasteiger partial charge in [-0.1, -0.05) is 12.1 Å². The van der Waals surface area contributed by atoms with E-state index in [4.69, 9.17) is 4.74 Å². The first-order valence-electron chi connectivity index (χ1n) is 7.59. The van der Waals surface area contributed by atoms with Crippen LogP contribution >= 0.6 is 0 Å². The first kappa shape index (κ1) is 20.3. The molecule has 0 saturated carbocycles. The van der Waals surface area contributed by atoms with Crippen molar-refractivity contribution in [3.05, 3.63) is 64.0 Å². The largest absolute Gasteiger partial charge is 0.460 e. The van der Waals surface area contributed by atoms with Crippen molar-refractivity contribution in [3.63, 3.8) is 0 Å². The van der Waals surface area contributed by atoms with Crippen LogP contribution in [-0.2, 0) is 26.2 Å². The van der Waals surface area contributed by atoms with Crippen LogP contribution in [0.3, 0.4) is 0 Å². The normalized spacial score (nSPS) is 11.0. The third kappa shape index (κ3) is 5.46. The van der Waals surface area contributed by atoms with E-state index in [2.05, 4.69) is 10.0 Å². The molecule has 0 aromatic heterocycles. The summed E-state index contributed by atoms with van der Waals surface area (Å²) in [5, 5.41) is 13.7. The first-order valence-corrected chi connectivity index (χ1v) is 9.07. The smallest absolute Gasteiger partial charge is 0.325 e. The number of hydrogen-bond acceptors (Lipinski definition) is 7. The quantitative estimate of drug-likeness (QED) is 0.395. The molecule has 2 aromatic rings. The minimum Gasteiger partial charge on any atom is -0.460 e. The maximum Gasteiger partial charge on any atom is 0.325 e. The molecule has 2 aromatic carbocycles. The van der Waals surface area contributed by atoms with Crippen molar-refractivity contribution in [3.8, 4) is 0 Å². The molecule has 0 aliphatic heterocycles. The number of ether oxygens (including phenoxy) is 1. The summed E-state index contributed by atoms with van der Waals surface area (Å²) in [5.74, 6) is -1.19. The number of nitrogens with zero attached hydrogens (tertiary/aromatic N) is 1. The lowest BCUT2D eigenvalue weighted by Gasteiger charge is -2.09. The summed E-state index contributed by atoms with van der Waals surface area (Å²) in [6, 6.07) is 8.75. The van der Waals surface area contributed by atoms with E-state index in [-0.39, 0.29) is 17.2 Å². The maximum absolute atomic E-state index is 13.1. The summed E-state index contributed by atoms with van der Waals surface area (Å²) in [4.78, 5) is 21.9. The zero-order chi connectivity index (χ0) is 20.0. The molecule has 2 rings (SSSR count). The monoisotopic (exact) mass is 397 g/mol. The van der Waals surface area contributed by atoms with Crippen LogP contribution in [0.25, 0.3) is 0 Å². The van der Waals surface area contributed by atoms with Crippen LogP contribution in [0.5, 0.6) is 0 Å². The van der Waals surface area contributed by atoms with E-state index in [1.807, 2.05) is 0 Å². The molecule has 0 fully saturated rings. The average molecular weight is 397 g/mol. The molecule has 0 saturated heterocycles. The van der Waals surface area contributed by atoms with E-state index in [0.717, 1.165) is 6.07 Å². The zero-order valence-electron chi connectivity index (χ0n) is 14.1. The molecule has 0 heterocycles. The van der Waals surface area contributed by atoms with Crippen molar-refractivity contribution in [2.75, 3.05) is 18.9 Å². The summed E-state index contributed by atoms with van der Waals surface area (Å²) in [7, 11) is -2.67. The number of nitrogens with one attached hydrogen (secondary N) is 2. The van der Waals surface area contributed by atoms with E-state index in [1.165, 1.54) is 37.4 Å². The highest BCUT2D eigenvalue weighted by atomic mass is 32.2. The third-order valence-corrected chi connectivity index (χ3v) is 4.87. The summed E-state index contributed by atoms with van der Waals surface area (Å²) in [6.45, 7) is -0.548. The lowest BCUT2D eigenvalue weighted by molar-refractivity contribution is -0.384. The van der Waals surface area contributed by atoms with Gasteiger partial charge in [-0.15, -0.1) is 0 Å². The SMILES string of the molecule is CNS(=O)(=O)c1ccc(NCC(=O)OCc2cccc(F)c2)c([N+](=O)[O-])c1. The Bertz CT molecular complexity index is 964. The Hall–Kier alpha value is -3.05. The van der Waals surface area contributed by atoms with Gasteiger partial charge in [0.2, 0.25) is 10.0 Å². The number of nitro benzene ring substituents is 1. The van der Waals surface area contributed by atoms with Crippen LogP contribution in [0.2, 0.25) is 0 Å². The Balaban J connectivity index is 2.04. The number of rotatable bonds is 8. The van der Waals surface area contributed by atoms with Gasteiger partial charge in [-0.25, -0.2) is 17.5 Å². The van der Waals surface area contributed by atoms with E-state index in [9.17, 15) is 27.7 Å². The van der Waals surface area contributed by atoms with Crippen LogP contribution in [0.1, 0.15) is 5.56 Å². The van der Waals surface area contributed by atoms with Crippen molar-refractivity contribution in [2.45, 2.75) is 11.5 Å². The van der Waals surface area contributed by atoms with Crippen molar-refractivity contribution in [2.24, 2.45) is 0 Å². The average Bonchev–Trinajstić information content (AvgIpc) is 2.64. The van der Waals surface area contributed by atoms with Gasteiger partial charge in [0.15, 0.2) is 0 Å². The molecule has 0 aliphatic carbocycles. The van der Waals surface area contributed by atoms with E-state index >= 15 is 0 Å². The van der Waals surface area contributed by atoms with Crippen molar-refractivity contribution in [1.82, 2.24) is 4.72 Å². The fraction of sp³-hybridized carbons (Fsp3) is 0.188. The topological polar surface area (TPSA) is 128 Å². The highest BCUT2D eigenvalue weighted by molar-refractivity contribution is 7.89. The Morgan fingerprint density at radius 2 is 2.00 bits per heavy atom. The van der Waals surface area contributed by atoms with Crippen LogP contribution < -0.4 is 10.0 Å². The fourth-order valence-electron chi connectivity index (χ4n) is 2.11. The molecule has 9 nitrogen and oxygen atoms in total. The van der Waals surface area contributed by atoms with Gasteiger partial charge < -0.3 is 10.1 Å². The Morgan fingerprint density at radius 3 is 2.63 bits per heavy atom. The van der Waals surface area contributed by atoms with Gasteiger partial charge in [0.05, 0.1) is 9.82 Å². The number of hydrogen-bond donors (Lipinski definition) is 2. The third-order valence-electron chi connectivity index (χ3n) is 3.46. The summed E-state index contributed by atoms with van der Waals surface area (Å²) < 4.78 is 43.6. The molecule has 11 heteroatoms. The second-order valence-corrected chi connectivity index (χ2v) is 7.17. The molecular formula is C16H16FN3O6S. The van der Waals surface area contributed by atoms with Crippen LogP contribution in [0.15, 0.2) is 47.4 Å². The van der Waals surface area contributed by atoms with E-state index in [0.29, 0.717) is 5.56 Å². The van der Waals surface area contributed by atoms with E-state index < -0.39 is 39.0 Å². The number of benzene rings is 2. The lowest BCUT2D eigenvalue weighted by atomic mass is 10.2. The number of carbonyl (C=O) groups is 1. The highest BCUT2D eigenvalue weighted by Gasteiger charge is 2.20. The predicted octanol–water partition coefficient (Wildman–Crippen LogP) is 1.80. The molecule has 27 heavy (non-hydrogen) atoms. The van der Waals surface area contributed by atoms with Gasteiger partial charge in [-0.3, -0.25) is 14.9 Å². The fourth-order valence-corrected chi connectivity index (χ4v) is 2.86. The lowest BCUT2D eigenvalue weighted by Crippen LogP contribution is -2.20. The second kappa shape index (κ2) is 8.56. The number of sulfonamides is 1. The van der Waals surface area contributed by atoms with Crippen molar-refractivity contribution < 1.29 is 27.3 Å². The Morgan fingerprint density at radius 1 is 1.26 bits per heavy atom. The van der Waals surface area contributed by atoms with Crippen molar-refractivity contribution >= 4 is 27.4 Å². The van der Waals surface area contributed by atoms with E-state index in [1.54, 1.807) is 6.07 Å². The first-order chi connectivity index (χ1) is 12.7. The molecule has 144 valence electrons. The Labute approximate surface area is 154 Å². The Kier molecular flexibility index (Phi) is 6.42. The molecule has 0 atom stereocenters. The minimum absolute atomic E-state index is 0.0437. The highest BCUT2D eigenvalue weighted by Crippen LogP contribution is 2.27. The second-order valence-electron chi connectivity index (χ2n) is 5.29. The predicted molar refractivity (Wildman–Crippen MR) is 94.0 cm³/mol. The summed E-state index contributed by atoms with van der Waals surface area (Å²) >= 11 is 0. The molecule has 0 unspecified atom stereocenters. The van der Waals surface area contributed by atoms with Gasteiger partial charge in [0, 0.05) is 6.07 Å². The molecule has 2 N–H and O–H groups in total. The van der Waals surface area contributed by atoms with Gasteiger partial charge in [-0.05, 0) is 36.9 Å². The number of carbonyl (C=O) groups excluding carboxylic acids is 1. The molecule has 0 radical (unpaired) electrons. The summed E-state index contributed by atoms with van der Waals surface area (Å²) in [6.07, 6.45) is 0. The molecule has 0 aliphatic rings. The number of halogens is 1. The van der Waals surface area contributed by atoms with Crippen LogP contribution in [-0.4, -0.2) is 32.9 Å². The maximum atomic E-state index is 13.1. The van der Waals surface area contributed by atoms with Crippen LogP contribution in [0.4, 0.5) is 15.8 Å². The molecule has 0 spiro atoms. The van der Waals surface area contributed by atoms with Crippen molar-refractivity contribution in [1.29, 1.82) is 0 Å². The molecular weight excluding hydrogens is 381 g/mol. The van der Waals surface area contributed by atoms with Gasteiger partial charge >= 0.3 is 5.97 Å². The summed E-state index contributed by atoms with van der Waals surface area (Å²) in [5.41, 5.74) is -0.0991. The van der Waals surface area contributed by atoms with Gasteiger partial charge in [0.25, 0.3) is 5.69 Å². The van der Waals surface area contributed by atoms with Crippen LogP contribution in [0, 0.1) is 15.9 Å². The number of anilines is 1. The zero-order valence-corrected chi connectivity index (χ0v) is 15.0. The van der Waals surface area contributed by atoms with Gasteiger partial charge in [-0.2, -0.15) is 0 Å².